The van der Waals surface area contributed by atoms with Crippen molar-refractivity contribution >= 4 is 27.6 Å². The summed E-state index contributed by atoms with van der Waals surface area (Å²) in [5.41, 5.74) is 0. The first-order valence-corrected chi connectivity index (χ1v) is 6.78. The summed E-state index contributed by atoms with van der Waals surface area (Å²) in [7, 11) is -2.28. The van der Waals surface area contributed by atoms with Gasteiger partial charge in [-0.05, 0) is 6.92 Å². The molecule has 1 atom stereocenters. The molecule has 1 unspecified atom stereocenters. The molecule has 6 nitrogen and oxygen atoms in total. The largest absolute Gasteiger partial charge is 0.468 e. The first-order chi connectivity index (χ1) is 7.43. The molecule has 0 saturated carbocycles. The molecule has 1 N–H and O–H groups in total. The molecular formula is C8H16ClNO5S. The van der Waals surface area contributed by atoms with E-state index in [9.17, 15) is 13.2 Å². The number of alkyl halides is 1. The van der Waals surface area contributed by atoms with Crippen molar-refractivity contribution in [3.63, 3.8) is 0 Å². The van der Waals surface area contributed by atoms with Crippen LogP contribution in [0.15, 0.2) is 0 Å². The summed E-state index contributed by atoms with van der Waals surface area (Å²) in [5, 5.41) is -1.02. The quantitative estimate of drug-likeness (QED) is 0.374. The SMILES string of the molecule is CCOCCS(=O)(=O)NCC(Cl)C(=O)OC. The van der Waals surface area contributed by atoms with E-state index in [1.807, 2.05) is 0 Å². The maximum atomic E-state index is 11.3. The summed E-state index contributed by atoms with van der Waals surface area (Å²) in [6.07, 6.45) is 0. The van der Waals surface area contributed by atoms with Gasteiger partial charge in [0.1, 0.15) is 5.38 Å². The highest BCUT2D eigenvalue weighted by Crippen LogP contribution is 1.97. The van der Waals surface area contributed by atoms with Crippen LogP contribution in [0.25, 0.3) is 0 Å². The van der Waals surface area contributed by atoms with Crippen LogP contribution in [0.1, 0.15) is 6.92 Å². The molecule has 0 aromatic rings. The number of sulfonamides is 1. The van der Waals surface area contributed by atoms with Gasteiger partial charge in [0, 0.05) is 13.2 Å². The Kier molecular flexibility index (Phi) is 7.65. The second-order valence-electron chi connectivity index (χ2n) is 2.85. The molecule has 16 heavy (non-hydrogen) atoms. The molecular weight excluding hydrogens is 258 g/mol. The van der Waals surface area contributed by atoms with Crippen molar-refractivity contribution < 1.29 is 22.7 Å². The van der Waals surface area contributed by atoms with E-state index in [1.54, 1.807) is 6.92 Å². The molecule has 0 spiro atoms. The molecule has 0 radical (unpaired) electrons. The number of methoxy groups -OCH3 is 1. The minimum atomic E-state index is -3.46. The molecule has 0 rings (SSSR count). The summed E-state index contributed by atoms with van der Waals surface area (Å²) >= 11 is 5.57. The summed E-state index contributed by atoms with van der Waals surface area (Å²) in [6.45, 7) is 2.14. The number of nitrogens with one attached hydrogen (secondary N) is 1. The summed E-state index contributed by atoms with van der Waals surface area (Å²) in [6, 6.07) is 0. The Bertz CT molecular complexity index is 306. The van der Waals surface area contributed by atoms with Crippen molar-refractivity contribution in [2.45, 2.75) is 12.3 Å². The molecule has 0 aliphatic heterocycles. The molecule has 0 saturated heterocycles. The molecule has 96 valence electrons. The van der Waals surface area contributed by atoms with Crippen molar-refractivity contribution in [1.82, 2.24) is 4.72 Å². The lowest BCUT2D eigenvalue weighted by Crippen LogP contribution is -2.36. The van der Waals surface area contributed by atoms with Crippen LogP contribution in [0, 0.1) is 0 Å². The summed E-state index contributed by atoms with van der Waals surface area (Å²) in [5.74, 6) is -0.833. The number of esters is 1. The second-order valence-corrected chi connectivity index (χ2v) is 5.31. The monoisotopic (exact) mass is 273 g/mol. The second kappa shape index (κ2) is 7.83. The normalized spacial score (nSPS) is 13.4. The van der Waals surface area contributed by atoms with E-state index in [0.717, 1.165) is 0 Å². The maximum absolute atomic E-state index is 11.3. The van der Waals surface area contributed by atoms with E-state index in [4.69, 9.17) is 16.3 Å². The first-order valence-electron chi connectivity index (χ1n) is 4.70. The fourth-order valence-corrected chi connectivity index (χ4v) is 1.96. The van der Waals surface area contributed by atoms with Crippen molar-refractivity contribution in [2.24, 2.45) is 0 Å². The van der Waals surface area contributed by atoms with Crippen molar-refractivity contribution in [3.8, 4) is 0 Å². The number of hydrogen-bond acceptors (Lipinski definition) is 5. The van der Waals surface area contributed by atoms with Crippen LogP contribution >= 0.6 is 11.6 Å². The highest BCUT2D eigenvalue weighted by atomic mass is 35.5. The van der Waals surface area contributed by atoms with E-state index in [1.165, 1.54) is 7.11 Å². The van der Waals surface area contributed by atoms with Gasteiger partial charge in [-0.2, -0.15) is 0 Å². The third-order valence-electron chi connectivity index (χ3n) is 1.64. The van der Waals surface area contributed by atoms with Crippen LogP contribution in [-0.4, -0.2) is 52.4 Å². The third kappa shape index (κ3) is 7.00. The van der Waals surface area contributed by atoms with E-state index in [-0.39, 0.29) is 18.9 Å². The fraction of sp³-hybridized carbons (Fsp3) is 0.875. The Morgan fingerprint density at radius 1 is 1.50 bits per heavy atom. The van der Waals surface area contributed by atoms with Crippen LogP contribution in [-0.2, 0) is 24.3 Å². The Hall–Kier alpha value is -0.370. The Labute approximate surface area is 100 Å². The average molecular weight is 274 g/mol. The Morgan fingerprint density at radius 2 is 2.12 bits per heavy atom. The Balaban J connectivity index is 3.94. The number of rotatable bonds is 8. The minimum Gasteiger partial charge on any atom is -0.468 e. The van der Waals surface area contributed by atoms with Crippen LogP contribution < -0.4 is 4.72 Å². The lowest BCUT2D eigenvalue weighted by Gasteiger charge is -2.09. The zero-order valence-corrected chi connectivity index (χ0v) is 10.8. The van der Waals surface area contributed by atoms with Gasteiger partial charge in [-0.25, -0.2) is 13.1 Å². The summed E-state index contributed by atoms with van der Waals surface area (Å²) < 4.78 is 34.1. The molecule has 0 aliphatic carbocycles. The highest BCUT2D eigenvalue weighted by molar-refractivity contribution is 7.89. The molecule has 8 heteroatoms. The standard InChI is InChI=1S/C8H16ClNO5S/c1-3-15-4-5-16(12,13)10-6-7(9)8(11)14-2/h7,10H,3-6H2,1-2H3. The van der Waals surface area contributed by atoms with Crippen molar-refractivity contribution in [1.29, 1.82) is 0 Å². The number of hydrogen-bond donors (Lipinski definition) is 1. The average Bonchev–Trinajstić information content (AvgIpc) is 2.25. The van der Waals surface area contributed by atoms with Gasteiger partial charge >= 0.3 is 5.97 Å². The van der Waals surface area contributed by atoms with Gasteiger partial charge in [0.05, 0.1) is 19.5 Å². The first kappa shape index (κ1) is 15.6. The van der Waals surface area contributed by atoms with Gasteiger partial charge in [-0.3, -0.25) is 4.79 Å². The molecule has 0 aromatic heterocycles. The molecule has 0 aromatic carbocycles. The third-order valence-corrected chi connectivity index (χ3v) is 3.28. The highest BCUT2D eigenvalue weighted by Gasteiger charge is 2.19. The molecule has 0 fully saturated rings. The minimum absolute atomic E-state index is 0.108. The number of carbonyl (C=O) groups is 1. The predicted octanol–water partition coefficient (Wildman–Crippen LogP) is -0.277. The van der Waals surface area contributed by atoms with E-state index < -0.39 is 21.4 Å². The van der Waals surface area contributed by atoms with E-state index in [2.05, 4.69) is 9.46 Å². The van der Waals surface area contributed by atoms with Gasteiger partial charge < -0.3 is 9.47 Å². The zero-order valence-electron chi connectivity index (χ0n) is 9.23. The molecule has 0 aliphatic rings. The van der Waals surface area contributed by atoms with E-state index >= 15 is 0 Å². The number of halogens is 1. The lowest BCUT2D eigenvalue weighted by molar-refractivity contribution is -0.140. The van der Waals surface area contributed by atoms with Gasteiger partial charge in [-0.1, -0.05) is 0 Å². The van der Waals surface area contributed by atoms with Gasteiger partial charge in [-0.15, -0.1) is 11.6 Å². The van der Waals surface area contributed by atoms with E-state index in [0.29, 0.717) is 6.61 Å². The van der Waals surface area contributed by atoms with Crippen molar-refractivity contribution in [2.75, 3.05) is 32.6 Å². The molecule has 0 amide bonds. The van der Waals surface area contributed by atoms with Crippen LogP contribution in [0.3, 0.4) is 0 Å². The Morgan fingerprint density at radius 3 is 2.62 bits per heavy atom. The lowest BCUT2D eigenvalue weighted by atomic mass is 10.4. The van der Waals surface area contributed by atoms with Gasteiger partial charge in [0.25, 0.3) is 0 Å². The van der Waals surface area contributed by atoms with Crippen LogP contribution in [0.2, 0.25) is 0 Å². The number of ether oxygens (including phenoxy) is 2. The topological polar surface area (TPSA) is 81.7 Å². The maximum Gasteiger partial charge on any atom is 0.325 e. The van der Waals surface area contributed by atoms with Gasteiger partial charge in [0.2, 0.25) is 10.0 Å². The van der Waals surface area contributed by atoms with Crippen molar-refractivity contribution in [3.05, 3.63) is 0 Å². The van der Waals surface area contributed by atoms with Gasteiger partial charge in [0.15, 0.2) is 0 Å². The fourth-order valence-electron chi connectivity index (χ4n) is 0.796. The smallest absolute Gasteiger partial charge is 0.325 e. The van der Waals surface area contributed by atoms with Crippen LogP contribution in [0.4, 0.5) is 0 Å². The molecule has 0 bridgehead atoms. The van der Waals surface area contributed by atoms with Crippen LogP contribution in [0.5, 0.6) is 0 Å². The molecule has 0 heterocycles. The zero-order chi connectivity index (χ0) is 12.6. The summed E-state index contributed by atoms with van der Waals surface area (Å²) in [4.78, 5) is 10.9. The predicted molar refractivity (Wildman–Crippen MR) is 59.9 cm³/mol. The number of carbonyl (C=O) groups excluding carboxylic acids is 1.